The number of hydrogen-bond donors (Lipinski definition) is 1. The van der Waals surface area contributed by atoms with E-state index in [9.17, 15) is 0 Å². The number of benzene rings is 1. The second-order valence-corrected chi connectivity index (χ2v) is 4.85. The minimum absolute atomic E-state index is 0.637. The monoisotopic (exact) mass is 298 g/mol. The molecule has 5 heteroatoms. The van der Waals surface area contributed by atoms with Crippen LogP contribution in [0.4, 0.5) is 0 Å². The molecule has 0 radical (unpaired) electrons. The van der Waals surface area contributed by atoms with Crippen molar-refractivity contribution in [3.05, 3.63) is 39.8 Å². The lowest BCUT2D eigenvalue weighted by Crippen LogP contribution is -2.02. The first-order valence-electron chi connectivity index (χ1n) is 4.86. The Morgan fingerprint density at radius 1 is 1.31 bits per heavy atom. The third kappa shape index (κ3) is 3.04. The SMILES string of the molecule is NCCc1ccc(Oc2nc(Br)cs2)cc1. The summed E-state index contributed by atoms with van der Waals surface area (Å²) in [6.07, 6.45) is 0.892. The van der Waals surface area contributed by atoms with Gasteiger partial charge in [0.15, 0.2) is 0 Å². The quantitative estimate of drug-likeness (QED) is 0.943. The molecule has 1 aromatic carbocycles. The lowest BCUT2D eigenvalue weighted by Gasteiger charge is -2.02. The van der Waals surface area contributed by atoms with Crippen LogP contribution in [0.25, 0.3) is 0 Å². The van der Waals surface area contributed by atoms with Gasteiger partial charge in [-0.05, 0) is 46.6 Å². The van der Waals surface area contributed by atoms with E-state index in [0.717, 1.165) is 16.8 Å². The summed E-state index contributed by atoms with van der Waals surface area (Å²) in [5.41, 5.74) is 6.70. The highest BCUT2D eigenvalue weighted by Gasteiger charge is 2.02. The molecule has 0 amide bonds. The first-order chi connectivity index (χ1) is 7.78. The van der Waals surface area contributed by atoms with Crippen molar-refractivity contribution in [3.8, 4) is 10.9 Å². The molecule has 2 aromatic rings. The van der Waals surface area contributed by atoms with Gasteiger partial charge in [-0.15, -0.1) is 0 Å². The van der Waals surface area contributed by atoms with Gasteiger partial charge in [0, 0.05) is 5.38 Å². The number of ether oxygens (including phenoxy) is 1. The van der Waals surface area contributed by atoms with E-state index in [2.05, 4.69) is 20.9 Å². The lowest BCUT2D eigenvalue weighted by molar-refractivity contribution is 0.478. The Bertz CT molecular complexity index is 455. The van der Waals surface area contributed by atoms with Crippen LogP contribution in [0.3, 0.4) is 0 Å². The summed E-state index contributed by atoms with van der Waals surface area (Å²) in [6.45, 7) is 0.666. The number of nitrogens with two attached hydrogens (primary N) is 1. The van der Waals surface area contributed by atoms with Crippen molar-refractivity contribution in [2.24, 2.45) is 5.73 Å². The summed E-state index contributed by atoms with van der Waals surface area (Å²) in [5, 5.41) is 2.52. The fourth-order valence-electron chi connectivity index (χ4n) is 1.28. The van der Waals surface area contributed by atoms with Crippen LogP contribution in [0.15, 0.2) is 34.2 Å². The van der Waals surface area contributed by atoms with Crippen LogP contribution in [-0.4, -0.2) is 11.5 Å². The van der Waals surface area contributed by atoms with Gasteiger partial charge in [0.05, 0.1) is 0 Å². The molecule has 2 N–H and O–H groups in total. The number of aromatic nitrogens is 1. The summed E-state index contributed by atoms with van der Waals surface area (Å²) in [5.74, 6) is 0.794. The van der Waals surface area contributed by atoms with Crippen LogP contribution in [0.2, 0.25) is 0 Å². The zero-order valence-corrected chi connectivity index (χ0v) is 10.9. The first kappa shape index (κ1) is 11.6. The van der Waals surface area contributed by atoms with Crippen molar-refractivity contribution >= 4 is 27.3 Å². The van der Waals surface area contributed by atoms with E-state index in [1.165, 1.54) is 16.9 Å². The predicted molar refractivity (Wildman–Crippen MR) is 69.1 cm³/mol. The van der Waals surface area contributed by atoms with Crippen LogP contribution in [0.5, 0.6) is 10.9 Å². The minimum atomic E-state index is 0.637. The van der Waals surface area contributed by atoms with Crippen LogP contribution >= 0.6 is 27.3 Å². The highest BCUT2D eigenvalue weighted by atomic mass is 79.9. The van der Waals surface area contributed by atoms with Gasteiger partial charge in [-0.1, -0.05) is 23.5 Å². The molecule has 0 spiro atoms. The molecule has 1 heterocycles. The van der Waals surface area contributed by atoms with Crippen molar-refractivity contribution in [2.45, 2.75) is 6.42 Å². The zero-order chi connectivity index (χ0) is 11.4. The molecular formula is C11H11BrN2OS. The van der Waals surface area contributed by atoms with E-state index >= 15 is 0 Å². The van der Waals surface area contributed by atoms with E-state index < -0.39 is 0 Å². The van der Waals surface area contributed by atoms with E-state index in [1.54, 1.807) is 0 Å². The summed E-state index contributed by atoms with van der Waals surface area (Å²) in [6, 6.07) is 7.90. The molecule has 0 atom stereocenters. The molecule has 0 bridgehead atoms. The van der Waals surface area contributed by atoms with E-state index in [1.807, 2.05) is 29.6 Å². The Kier molecular flexibility index (Phi) is 3.93. The zero-order valence-electron chi connectivity index (χ0n) is 8.52. The number of hydrogen-bond acceptors (Lipinski definition) is 4. The van der Waals surface area contributed by atoms with Gasteiger partial charge in [-0.3, -0.25) is 0 Å². The molecule has 3 nitrogen and oxygen atoms in total. The molecule has 0 fully saturated rings. The predicted octanol–water partition coefficient (Wildman–Crippen LogP) is 3.20. The average molecular weight is 299 g/mol. The summed E-state index contributed by atoms with van der Waals surface area (Å²) >= 11 is 4.74. The number of nitrogens with zero attached hydrogens (tertiary/aromatic N) is 1. The highest BCUT2D eigenvalue weighted by molar-refractivity contribution is 9.10. The Hall–Kier alpha value is -0.910. The normalized spacial score (nSPS) is 10.4. The molecule has 0 saturated heterocycles. The van der Waals surface area contributed by atoms with Crippen molar-refractivity contribution in [2.75, 3.05) is 6.54 Å². The fraction of sp³-hybridized carbons (Fsp3) is 0.182. The van der Waals surface area contributed by atoms with Gasteiger partial charge >= 0.3 is 0 Å². The van der Waals surface area contributed by atoms with Crippen LogP contribution in [0, 0.1) is 0 Å². The molecule has 16 heavy (non-hydrogen) atoms. The molecule has 0 unspecified atom stereocenters. The van der Waals surface area contributed by atoms with Gasteiger partial charge in [0.25, 0.3) is 5.19 Å². The Labute approximate surface area is 106 Å². The lowest BCUT2D eigenvalue weighted by atomic mass is 10.1. The molecule has 1 aromatic heterocycles. The summed E-state index contributed by atoms with van der Waals surface area (Å²) in [7, 11) is 0. The van der Waals surface area contributed by atoms with Gasteiger partial charge in [0.1, 0.15) is 10.4 Å². The Morgan fingerprint density at radius 2 is 2.06 bits per heavy atom. The van der Waals surface area contributed by atoms with Gasteiger partial charge in [-0.2, -0.15) is 4.98 Å². The molecule has 0 saturated carbocycles. The molecule has 0 aliphatic carbocycles. The van der Waals surface area contributed by atoms with Crippen LogP contribution in [-0.2, 0) is 6.42 Å². The molecule has 0 aliphatic rings. The second kappa shape index (κ2) is 5.43. The Morgan fingerprint density at radius 3 is 2.62 bits per heavy atom. The fourth-order valence-corrected chi connectivity index (χ4v) is 2.38. The molecule has 84 valence electrons. The minimum Gasteiger partial charge on any atom is -0.431 e. The van der Waals surface area contributed by atoms with E-state index in [4.69, 9.17) is 10.5 Å². The largest absolute Gasteiger partial charge is 0.431 e. The van der Waals surface area contributed by atoms with Crippen LogP contribution in [0.1, 0.15) is 5.56 Å². The third-order valence-electron chi connectivity index (χ3n) is 2.02. The van der Waals surface area contributed by atoms with E-state index in [0.29, 0.717) is 11.7 Å². The maximum absolute atomic E-state index is 5.58. The number of rotatable bonds is 4. The molecule has 2 rings (SSSR count). The maximum atomic E-state index is 5.58. The van der Waals surface area contributed by atoms with Crippen molar-refractivity contribution < 1.29 is 4.74 Å². The van der Waals surface area contributed by atoms with Gasteiger partial charge in [-0.25, -0.2) is 0 Å². The van der Waals surface area contributed by atoms with Crippen LogP contribution < -0.4 is 10.5 Å². The number of halogens is 1. The summed E-state index contributed by atoms with van der Waals surface area (Å²) < 4.78 is 6.38. The topological polar surface area (TPSA) is 48.1 Å². The highest BCUT2D eigenvalue weighted by Crippen LogP contribution is 2.27. The molecular weight excluding hydrogens is 288 g/mol. The number of thiazole rings is 1. The van der Waals surface area contributed by atoms with Crippen molar-refractivity contribution in [3.63, 3.8) is 0 Å². The second-order valence-electron chi connectivity index (χ2n) is 3.22. The first-order valence-corrected chi connectivity index (χ1v) is 6.53. The third-order valence-corrected chi connectivity index (χ3v) is 3.44. The average Bonchev–Trinajstić information content (AvgIpc) is 2.67. The summed E-state index contributed by atoms with van der Waals surface area (Å²) in [4.78, 5) is 4.16. The van der Waals surface area contributed by atoms with Crippen molar-refractivity contribution in [1.82, 2.24) is 4.98 Å². The Balaban J connectivity index is 2.05. The van der Waals surface area contributed by atoms with Gasteiger partial charge < -0.3 is 10.5 Å². The molecule has 0 aliphatic heterocycles. The van der Waals surface area contributed by atoms with Crippen molar-refractivity contribution in [1.29, 1.82) is 0 Å². The van der Waals surface area contributed by atoms with E-state index in [-0.39, 0.29) is 0 Å². The smallest absolute Gasteiger partial charge is 0.279 e. The maximum Gasteiger partial charge on any atom is 0.279 e. The standard InChI is InChI=1S/C11H11BrN2OS/c12-10-7-16-11(14-10)15-9-3-1-8(2-4-9)5-6-13/h1-4,7H,5-6,13H2. The van der Waals surface area contributed by atoms with Gasteiger partial charge in [0.2, 0.25) is 0 Å².